The number of hydrogen-bond donors (Lipinski definition) is 1. The van der Waals surface area contributed by atoms with Crippen LogP contribution in [0.4, 0.5) is 0 Å². The minimum absolute atomic E-state index is 0.197. The van der Waals surface area contributed by atoms with Crippen LogP contribution < -0.4 is 5.32 Å². The Hall–Kier alpha value is -0.520. The maximum atomic E-state index is 5.01. The number of methoxy groups -OCH3 is 1. The van der Waals surface area contributed by atoms with Gasteiger partial charge in [-0.05, 0) is 33.7 Å². The van der Waals surface area contributed by atoms with E-state index < -0.39 is 0 Å². The van der Waals surface area contributed by atoms with Gasteiger partial charge in [-0.25, -0.2) is 0 Å². The average molecular weight is 243 g/mol. The summed E-state index contributed by atoms with van der Waals surface area (Å²) >= 11 is 1.64. The molecule has 4 nitrogen and oxygen atoms in total. The fourth-order valence-electron chi connectivity index (χ4n) is 1.27. The van der Waals surface area contributed by atoms with Crippen molar-refractivity contribution in [1.29, 1.82) is 0 Å². The quantitative estimate of drug-likeness (QED) is 0.776. The number of nitrogens with one attached hydrogen (secondary N) is 1. The van der Waals surface area contributed by atoms with Crippen LogP contribution >= 0.6 is 11.3 Å². The van der Waals surface area contributed by atoms with E-state index in [0.29, 0.717) is 6.61 Å². The van der Waals surface area contributed by atoms with Crippen molar-refractivity contribution in [2.75, 3.05) is 13.7 Å². The Bertz CT molecular complexity index is 306. The van der Waals surface area contributed by atoms with E-state index in [1.807, 2.05) is 0 Å². The summed E-state index contributed by atoms with van der Waals surface area (Å²) in [5.41, 5.74) is 0.197. The van der Waals surface area contributed by atoms with E-state index in [1.165, 1.54) is 0 Å². The van der Waals surface area contributed by atoms with Crippen molar-refractivity contribution in [1.82, 2.24) is 15.5 Å². The first-order valence-corrected chi connectivity index (χ1v) is 6.38. The molecule has 0 saturated carbocycles. The third kappa shape index (κ3) is 5.53. The van der Waals surface area contributed by atoms with Crippen molar-refractivity contribution < 1.29 is 4.74 Å². The van der Waals surface area contributed by atoms with E-state index in [-0.39, 0.29) is 5.54 Å². The molecule has 1 N–H and O–H groups in total. The van der Waals surface area contributed by atoms with Gasteiger partial charge in [-0.15, -0.1) is 10.2 Å². The summed E-state index contributed by atoms with van der Waals surface area (Å²) < 4.78 is 5.01. The van der Waals surface area contributed by atoms with Crippen LogP contribution in [0.2, 0.25) is 0 Å². The van der Waals surface area contributed by atoms with Crippen molar-refractivity contribution in [2.24, 2.45) is 0 Å². The second kappa shape index (κ2) is 6.27. The summed E-state index contributed by atoms with van der Waals surface area (Å²) in [6.07, 6.45) is 2.09. The predicted octanol–water partition coefficient (Wildman–Crippen LogP) is 2.01. The molecule has 1 heterocycles. The van der Waals surface area contributed by atoms with Crippen LogP contribution in [0.25, 0.3) is 0 Å². The highest BCUT2D eigenvalue weighted by molar-refractivity contribution is 7.11. The van der Waals surface area contributed by atoms with E-state index in [1.54, 1.807) is 18.4 Å². The summed E-state index contributed by atoms with van der Waals surface area (Å²) in [6.45, 7) is 8.11. The lowest BCUT2D eigenvalue weighted by molar-refractivity contribution is 0.184. The van der Waals surface area contributed by atoms with E-state index in [9.17, 15) is 0 Å². The van der Waals surface area contributed by atoms with Crippen LogP contribution in [0.3, 0.4) is 0 Å². The first-order chi connectivity index (χ1) is 7.51. The van der Waals surface area contributed by atoms with Crippen LogP contribution in [-0.4, -0.2) is 29.4 Å². The molecule has 92 valence electrons. The Kier molecular flexibility index (Phi) is 5.31. The van der Waals surface area contributed by atoms with Gasteiger partial charge in [0, 0.05) is 19.1 Å². The van der Waals surface area contributed by atoms with E-state index >= 15 is 0 Å². The van der Waals surface area contributed by atoms with Crippen LogP contribution in [0.15, 0.2) is 0 Å². The van der Waals surface area contributed by atoms with E-state index in [0.717, 1.165) is 29.4 Å². The van der Waals surface area contributed by atoms with Crippen molar-refractivity contribution >= 4 is 11.3 Å². The number of nitrogens with zero attached hydrogens (tertiary/aromatic N) is 2. The first kappa shape index (κ1) is 13.5. The molecule has 1 rings (SSSR count). The number of aromatic nitrogens is 2. The van der Waals surface area contributed by atoms with E-state index in [2.05, 4.69) is 36.3 Å². The Morgan fingerprint density at radius 2 is 1.94 bits per heavy atom. The molecule has 0 bridgehead atoms. The van der Waals surface area contributed by atoms with Gasteiger partial charge in [-0.3, -0.25) is 0 Å². The molecule has 0 amide bonds. The molecule has 16 heavy (non-hydrogen) atoms. The summed E-state index contributed by atoms with van der Waals surface area (Å²) in [6, 6.07) is 0. The fourth-order valence-corrected chi connectivity index (χ4v) is 2.13. The summed E-state index contributed by atoms with van der Waals surface area (Å²) in [5, 5.41) is 13.7. The van der Waals surface area contributed by atoms with Gasteiger partial charge >= 0.3 is 0 Å². The molecule has 0 aliphatic carbocycles. The molecule has 1 aromatic rings. The van der Waals surface area contributed by atoms with Gasteiger partial charge in [0.2, 0.25) is 0 Å². The van der Waals surface area contributed by atoms with Crippen molar-refractivity contribution in [3.05, 3.63) is 10.0 Å². The monoisotopic (exact) mass is 243 g/mol. The molecule has 0 radical (unpaired) electrons. The molecule has 5 heteroatoms. The molecule has 0 saturated heterocycles. The Morgan fingerprint density at radius 1 is 1.25 bits per heavy atom. The maximum absolute atomic E-state index is 5.01. The molecular weight excluding hydrogens is 222 g/mol. The average Bonchev–Trinajstić information content (AvgIpc) is 2.60. The predicted molar refractivity (Wildman–Crippen MR) is 66.7 cm³/mol. The number of aryl methyl sites for hydroxylation is 1. The van der Waals surface area contributed by atoms with Gasteiger partial charge in [-0.2, -0.15) is 0 Å². The van der Waals surface area contributed by atoms with Crippen LogP contribution in [0.5, 0.6) is 0 Å². The van der Waals surface area contributed by atoms with Crippen molar-refractivity contribution in [3.63, 3.8) is 0 Å². The van der Waals surface area contributed by atoms with Crippen molar-refractivity contribution in [2.45, 2.75) is 45.8 Å². The molecule has 0 spiro atoms. The summed E-state index contributed by atoms with van der Waals surface area (Å²) in [4.78, 5) is 0. The highest BCUT2D eigenvalue weighted by Crippen LogP contribution is 2.12. The van der Waals surface area contributed by atoms with Gasteiger partial charge in [0.25, 0.3) is 0 Å². The Balaban J connectivity index is 2.21. The second-order valence-electron chi connectivity index (χ2n) is 4.80. The van der Waals surface area contributed by atoms with Crippen LogP contribution in [-0.2, 0) is 17.8 Å². The molecule has 1 aromatic heterocycles. The SMILES string of the molecule is COCc1nnc(CCCNC(C)(C)C)s1. The minimum Gasteiger partial charge on any atom is -0.377 e. The van der Waals surface area contributed by atoms with E-state index in [4.69, 9.17) is 4.74 Å². The molecule has 0 aliphatic heterocycles. The Morgan fingerprint density at radius 3 is 2.56 bits per heavy atom. The standard InChI is InChI=1S/C11H21N3OS/c1-11(2,3)12-7-5-6-9-13-14-10(16-9)8-15-4/h12H,5-8H2,1-4H3. The number of rotatable bonds is 6. The highest BCUT2D eigenvalue weighted by atomic mass is 32.1. The minimum atomic E-state index is 0.197. The van der Waals surface area contributed by atoms with Crippen LogP contribution in [0.1, 0.15) is 37.2 Å². The molecule has 0 fully saturated rings. The normalized spacial score (nSPS) is 12.0. The third-order valence-electron chi connectivity index (χ3n) is 2.00. The molecule has 0 unspecified atom stereocenters. The van der Waals surface area contributed by atoms with Gasteiger partial charge in [-0.1, -0.05) is 11.3 Å². The summed E-state index contributed by atoms with van der Waals surface area (Å²) in [5.74, 6) is 0. The summed E-state index contributed by atoms with van der Waals surface area (Å²) in [7, 11) is 1.67. The zero-order valence-corrected chi connectivity index (χ0v) is 11.4. The lowest BCUT2D eigenvalue weighted by Gasteiger charge is -2.20. The zero-order chi connectivity index (χ0) is 12.0. The fraction of sp³-hybridized carbons (Fsp3) is 0.818. The van der Waals surface area contributed by atoms with Gasteiger partial charge in [0.15, 0.2) is 0 Å². The largest absolute Gasteiger partial charge is 0.377 e. The lowest BCUT2D eigenvalue weighted by Crippen LogP contribution is -2.36. The highest BCUT2D eigenvalue weighted by Gasteiger charge is 2.08. The number of ether oxygens (including phenoxy) is 1. The number of hydrogen-bond acceptors (Lipinski definition) is 5. The molecule has 0 aliphatic rings. The smallest absolute Gasteiger partial charge is 0.143 e. The van der Waals surface area contributed by atoms with Gasteiger partial charge < -0.3 is 10.1 Å². The molecular formula is C11H21N3OS. The second-order valence-corrected chi connectivity index (χ2v) is 5.95. The maximum Gasteiger partial charge on any atom is 0.143 e. The molecule has 0 atom stereocenters. The zero-order valence-electron chi connectivity index (χ0n) is 10.5. The van der Waals surface area contributed by atoms with Crippen LogP contribution in [0, 0.1) is 0 Å². The Labute approximate surface area is 101 Å². The van der Waals surface area contributed by atoms with Crippen molar-refractivity contribution in [3.8, 4) is 0 Å². The van der Waals surface area contributed by atoms with Gasteiger partial charge in [0.1, 0.15) is 10.0 Å². The first-order valence-electron chi connectivity index (χ1n) is 5.56. The molecule has 0 aromatic carbocycles. The van der Waals surface area contributed by atoms with Gasteiger partial charge in [0.05, 0.1) is 6.61 Å². The lowest BCUT2D eigenvalue weighted by atomic mass is 10.1. The topological polar surface area (TPSA) is 47.0 Å². The third-order valence-corrected chi connectivity index (χ3v) is 2.96.